The number of rotatable bonds is 1. The van der Waals surface area contributed by atoms with Crippen LogP contribution < -0.4 is 19.7 Å². The molecule has 9 rings (SSSR count). The first-order valence-electron chi connectivity index (χ1n) is 21.4. The van der Waals surface area contributed by atoms with Crippen molar-refractivity contribution < 1.29 is 23.1 Å². The van der Waals surface area contributed by atoms with Gasteiger partial charge < -0.3 is 20.1 Å². The van der Waals surface area contributed by atoms with Crippen LogP contribution in [0.25, 0.3) is 0 Å². The number of fused-ring (bicyclic) bond motifs is 5. The number of allylic oxidation sites excluding steroid dienone is 1. The van der Waals surface area contributed by atoms with Crippen LogP contribution in [0.15, 0.2) is 48.6 Å². The van der Waals surface area contributed by atoms with Crippen molar-refractivity contribution in [2.75, 3.05) is 62.3 Å². The summed E-state index contributed by atoms with van der Waals surface area (Å²) in [6, 6.07) is 12.4. The number of amides is 1. The molecule has 3 N–H and O–H groups in total. The van der Waals surface area contributed by atoms with Gasteiger partial charge in [-0.2, -0.15) is 0 Å². The monoisotopic (exact) mass is 856 g/mol. The number of benzene rings is 2. The van der Waals surface area contributed by atoms with E-state index in [9.17, 15) is 18.3 Å². The highest BCUT2D eigenvalue weighted by Gasteiger charge is 2.52. The van der Waals surface area contributed by atoms with Crippen molar-refractivity contribution in [3.63, 3.8) is 0 Å². The van der Waals surface area contributed by atoms with Crippen LogP contribution >= 0.6 is 35.1 Å². The molecule has 57 heavy (non-hydrogen) atoms. The number of hydrogen-bond acceptors (Lipinski definition) is 10. The third-order valence-electron chi connectivity index (χ3n) is 14.1. The number of nitrogens with one attached hydrogen (secondary N) is 2. The Hall–Kier alpha value is -1.93. The van der Waals surface area contributed by atoms with Crippen LogP contribution in [-0.4, -0.2) is 103 Å². The number of nitrogens with zero attached hydrogens (tertiary/aromatic N) is 2. The minimum Gasteiger partial charge on any atom is -0.490 e. The Labute approximate surface area is 353 Å². The Morgan fingerprint density at radius 1 is 1.00 bits per heavy atom. The number of piperazine rings is 1. The zero-order valence-corrected chi connectivity index (χ0v) is 36.8. The van der Waals surface area contributed by atoms with E-state index in [2.05, 4.69) is 32.0 Å². The molecule has 2 aromatic rings. The molecule has 312 valence electrons. The van der Waals surface area contributed by atoms with Gasteiger partial charge in [0, 0.05) is 54.8 Å². The maximum absolute atomic E-state index is 13.5. The second kappa shape index (κ2) is 17.6. The van der Waals surface area contributed by atoms with Gasteiger partial charge >= 0.3 is 0 Å². The Morgan fingerprint density at radius 2 is 1.84 bits per heavy atom. The average Bonchev–Trinajstić information content (AvgIpc) is 3.35. The molecule has 5 heterocycles. The van der Waals surface area contributed by atoms with E-state index >= 15 is 0 Å². The lowest BCUT2D eigenvalue weighted by molar-refractivity contribution is -0.0333. The molecule has 1 spiro atoms. The second-order valence-electron chi connectivity index (χ2n) is 17.7. The van der Waals surface area contributed by atoms with Crippen molar-refractivity contribution in [3.8, 4) is 5.75 Å². The van der Waals surface area contributed by atoms with E-state index in [1.165, 1.54) is 56.6 Å². The zero-order valence-electron chi connectivity index (χ0n) is 33.6. The lowest BCUT2D eigenvalue weighted by Gasteiger charge is -2.51. The molecule has 4 fully saturated rings. The van der Waals surface area contributed by atoms with Gasteiger partial charge in [-0.05, 0) is 142 Å². The number of carbonyl (C=O) groups excluding carboxylic acids is 1. The number of halogens is 1. The van der Waals surface area contributed by atoms with E-state index in [0.717, 1.165) is 66.8 Å². The molecule has 5 aliphatic heterocycles. The fourth-order valence-corrected chi connectivity index (χ4v) is 15.1. The molecule has 9 nitrogen and oxygen atoms in total. The zero-order chi connectivity index (χ0) is 39.8. The topological polar surface area (TPSA) is 111 Å². The highest BCUT2D eigenvalue weighted by atomic mass is 35.5. The molecule has 2 aliphatic carbocycles. The van der Waals surface area contributed by atoms with Gasteiger partial charge in [0.25, 0.3) is 5.91 Å². The molecule has 2 bridgehead atoms. The summed E-state index contributed by atoms with van der Waals surface area (Å²) in [6.45, 7) is 10.5. The molecule has 7 atom stereocenters. The second-order valence-corrected chi connectivity index (χ2v) is 22.9. The number of piperidine rings is 1. The first kappa shape index (κ1) is 41.8. The molecule has 1 saturated carbocycles. The van der Waals surface area contributed by atoms with Crippen LogP contribution in [0.2, 0.25) is 5.02 Å². The third-order valence-corrected chi connectivity index (χ3v) is 19.5. The number of aryl methyl sites for hydroxylation is 1. The van der Waals surface area contributed by atoms with Gasteiger partial charge in [0.05, 0.1) is 22.1 Å². The van der Waals surface area contributed by atoms with Crippen LogP contribution in [0.4, 0.5) is 5.69 Å². The Balaban J connectivity index is 0.000000394. The van der Waals surface area contributed by atoms with Crippen molar-refractivity contribution in [1.29, 1.82) is 0 Å². The number of carbonyl (C=O) groups is 1. The minimum atomic E-state index is -3.95. The van der Waals surface area contributed by atoms with E-state index in [-0.39, 0.29) is 33.3 Å². The lowest BCUT2D eigenvalue weighted by atomic mass is 9.64. The third kappa shape index (κ3) is 8.80. The summed E-state index contributed by atoms with van der Waals surface area (Å²) in [6.07, 6.45) is 14.8. The standard InChI is InChI=1S/C36H45ClN2O5S3.C8H16N2/c1-23-6-3-15-36(41,34-45-16-5-17-46-34)30-11-8-27(30)20-39-21-35(14-4-7-25-18-28(37)10-12-29(25)35)22-44-32-13-9-26(19-31(32)39)33(40)38-47(42,43)24(23)2;1-2-5-10-6-4-9-7-8(10)3-1/h3,9-10,12-13,15,18-19,23-24,27,30,34,41H,4-8,11,14,16-17,20-22H2,1-2H3,(H,38,40);8-9H,1-7H2/b15-3+;/t23-,24+,27-,30+,35-,36+;8-/m01/s1. The number of ether oxygens (including phenoxy) is 1. The quantitative estimate of drug-likeness (QED) is 0.254. The first-order chi connectivity index (χ1) is 27.5. The molecule has 7 aliphatic rings. The van der Waals surface area contributed by atoms with Crippen LogP contribution in [0.3, 0.4) is 0 Å². The highest BCUT2D eigenvalue weighted by Crippen LogP contribution is 2.53. The summed E-state index contributed by atoms with van der Waals surface area (Å²) >= 11 is 10.2. The molecule has 3 saturated heterocycles. The van der Waals surface area contributed by atoms with Crippen molar-refractivity contribution >= 4 is 56.7 Å². The number of hydrogen-bond donors (Lipinski definition) is 3. The highest BCUT2D eigenvalue weighted by molar-refractivity contribution is 8.17. The van der Waals surface area contributed by atoms with Gasteiger partial charge in [0.1, 0.15) is 11.4 Å². The fraction of sp³-hybridized carbons (Fsp3) is 0.659. The minimum absolute atomic E-state index is 0.0302. The molecular formula is C44H61ClN4O5S3. The fourth-order valence-electron chi connectivity index (χ4n) is 10.4. The van der Waals surface area contributed by atoms with Gasteiger partial charge in [-0.25, -0.2) is 13.1 Å². The maximum atomic E-state index is 13.5. The number of anilines is 1. The van der Waals surface area contributed by atoms with Gasteiger partial charge in [0.2, 0.25) is 10.0 Å². The van der Waals surface area contributed by atoms with Crippen molar-refractivity contribution in [2.45, 2.75) is 105 Å². The molecule has 2 aromatic carbocycles. The summed E-state index contributed by atoms with van der Waals surface area (Å²) in [4.78, 5) is 18.5. The van der Waals surface area contributed by atoms with Crippen LogP contribution in [-0.2, 0) is 21.9 Å². The average molecular weight is 858 g/mol. The van der Waals surface area contributed by atoms with E-state index in [4.69, 9.17) is 16.3 Å². The predicted octanol–water partition coefficient (Wildman–Crippen LogP) is 7.25. The Morgan fingerprint density at radius 3 is 2.63 bits per heavy atom. The summed E-state index contributed by atoms with van der Waals surface area (Å²) < 4.78 is 35.9. The number of aliphatic hydroxyl groups is 1. The van der Waals surface area contributed by atoms with Gasteiger partial charge in [-0.3, -0.25) is 9.69 Å². The van der Waals surface area contributed by atoms with Crippen molar-refractivity contribution in [1.82, 2.24) is 14.9 Å². The van der Waals surface area contributed by atoms with Crippen LogP contribution in [0.5, 0.6) is 5.75 Å². The normalized spacial score (nSPS) is 35.1. The van der Waals surface area contributed by atoms with Crippen LogP contribution in [0.1, 0.15) is 93.1 Å². The first-order valence-corrected chi connectivity index (χ1v) is 25.4. The largest absolute Gasteiger partial charge is 0.490 e. The van der Waals surface area contributed by atoms with Crippen molar-refractivity contribution in [3.05, 3.63) is 70.3 Å². The summed E-state index contributed by atoms with van der Waals surface area (Å²) in [5, 5.41) is 16.0. The maximum Gasteiger partial charge on any atom is 0.264 e. The van der Waals surface area contributed by atoms with Crippen molar-refractivity contribution in [2.24, 2.45) is 17.8 Å². The van der Waals surface area contributed by atoms with Gasteiger partial charge in [-0.1, -0.05) is 43.2 Å². The number of thioether (sulfide) groups is 2. The van der Waals surface area contributed by atoms with Gasteiger partial charge in [0.15, 0.2) is 0 Å². The van der Waals surface area contributed by atoms with E-state index in [1.807, 2.05) is 54.7 Å². The van der Waals surface area contributed by atoms with Gasteiger partial charge in [-0.15, -0.1) is 23.5 Å². The molecule has 13 heteroatoms. The predicted molar refractivity (Wildman–Crippen MR) is 236 cm³/mol. The molecular weight excluding hydrogens is 796 g/mol. The summed E-state index contributed by atoms with van der Waals surface area (Å²) in [7, 11) is -3.95. The van der Waals surface area contributed by atoms with E-state index in [0.29, 0.717) is 31.9 Å². The molecule has 0 radical (unpaired) electrons. The lowest BCUT2D eigenvalue weighted by Crippen LogP contribution is -2.55. The number of sulfonamides is 1. The smallest absolute Gasteiger partial charge is 0.264 e. The Kier molecular flexibility index (Phi) is 12.9. The molecule has 0 unspecified atom stereocenters. The molecule has 0 aromatic heterocycles. The summed E-state index contributed by atoms with van der Waals surface area (Å²) in [5.41, 5.74) is 2.32. The SMILES string of the molecule is C1CCN2CCNC[C@H]2C1.C[C@@H]1[C@@H](C)C/C=C/[C@](O)(C2SCCCS2)[C@@H]2CC[C@H]2CN2C[C@@]3(CCCc4cc(Cl)ccc43)COc3ccc(cc32)C(=O)NS1(=O)=O. The van der Waals surface area contributed by atoms with E-state index in [1.54, 1.807) is 19.1 Å². The molecule has 1 amide bonds. The van der Waals surface area contributed by atoms with Crippen LogP contribution in [0, 0.1) is 17.8 Å². The Bertz CT molecular complexity index is 1890. The van der Waals surface area contributed by atoms with E-state index < -0.39 is 26.8 Å². The summed E-state index contributed by atoms with van der Waals surface area (Å²) in [5.74, 6) is 2.18.